The zero-order chi connectivity index (χ0) is 15.3. The highest BCUT2D eigenvalue weighted by Gasteiger charge is 2.27. The Bertz CT molecular complexity index is 489. The van der Waals surface area contributed by atoms with Gasteiger partial charge in [-0.15, -0.1) is 24.0 Å². The summed E-state index contributed by atoms with van der Waals surface area (Å²) in [5.41, 5.74) is 5.99. The topological polar surface area (TPSA) is 61.9 Å². The molecule has 0 saturated carbocycles. The van der Waals surface area contributed by atoms with Gasteiger partial charge in [-0.2, -0.15) is 0 Å². The first kappa shape index (κ1) is 19.7. The molecule has 4 nitrogen and oxygen atoms in total. The van der Waals surface area contributed by atoms with E-state index in [-0.39, 0.29) is 24.0 Å². The molecule has 2 rings (SSSR count). The second kappa shape index (κ2) is 9.08. The van der Waals surface area contributed by atoms with Crippen molar-refractivity contribution >= 4 is 45.9 Å². The molecule has 1 aliphatic heterocycles. The van der Waals surface area contributed by atoms with Gasteiger partial charge in [0.25, 0.3) is 0 Å². The van der Waals surface area contributed by atoms with Crippen LogP contribution in [-0.2, 0) is 5.60 Å². The summed E-state index contributed by atoms with van der Waals surface area (Å²) in [6, 6.07) is 7.74. The average Bonchev–Trinajstić information content (AvgIpc) is 2.53. The molecule has 1 heterocycles. The molecule has 0 radical (unpaired) electrons. The van der Waals surface area contributed by atoms with E-state index in [0.29, 0.717) is 18.9 Å². The van der Waals surface area contributed by atoms with Gasteiger partial charge in [-0.1, -0.05) is 35.0 Å². The Kier molecular flexibility index (Phi) is 8.13. The summed E-state index contributed by atoms with van der Waals surface area (Å²) < 4.78 is 1.00. The van der Waals surface area contributed by atoms with Crippen LogP contribution in [0.5, 0.6) is 0 Å². The van der Waals surface area contributed by atoms with Crippen molar-refractivity contribution in [2.24, 2.45) is 10.7 Å². The van der Waals surface area contributed by atoms with Crippen molar-refractivity contribution in [1.29, 1.82) is 0 Å². The number of guanidine groups is 1. The number of nitrogens with two attached hydrogens (primary N) is 1. The minimum Gasteiger partial charge on any atom is -0.383 e. The summed E-state index contributed by atoms with van der Waals surface area (Å²) in [5, 5.41) is 10.8. The quantitative estimate of drug-likeness (QED) is 0.393. The van der Waals surface area contributed by atoms with Crippen molar-refractivity contribution in [3.8, 4) is 0 Å². The van der Waals surface area contributed by atoms with Gasteiger partial charge in [-0.25, -0.2) is 4.99 Å². The molecule has 1 atom stereocenters. The minimum absolute atomic E-state index is 0. The third-order valence-corrected chi connectivity index (χ3v) is 4.68. The normalized spacial score (nSPS) is 18.5. The van der Waals surface area contributed by atoms with Crippen LogP contribution in [-0.4, -0.2) is 35.6 Å². The first-order valence-corrected chi connectivity index (χ1v) is 8.38. The predicted octanol–water partition coefficient (Wildman–Crippen LogP) is 3.47. The lowest BCUT2D eigenvalue weighted by molar-refractivity contribution is 0.0420. The molecule has 1 aromatic carbocycles. The first-order chi connectivity index (χ1) is 10.0. The van der Waals surface area contributed by atoms with Gasteiger partial charge in [-0.05, 0) is 43.4 Å². The summed E-state index contributed by atoms with van der Waals surface area (Å²) in [6.07, 6.45) is 4.20. The van der Waals surface area contributed by atoms with Crippen molar-refractivity contribution < 1.29 is 5.11 Å². The van der Waals surface area contributed by atoms with Crippen molar-refractivity contribution in [2.45, 2.75) is 38.2 Å². The van der Waals surface area contributed by atoms with E-state index in [1.54, 1.807) is 0 Å². The lowest BCUT2D eigenvalue weighted by atomic mass is 9.91. The SMILES string of the molecule is CCC(O)(CN=C(N)N1CCCCC1)c1ccc(Br)cc1.I. The van der Waals surface area contributed by atoms with Gasteiger partial charge in [0.1, 0.15) is 5.60 Å². The second-order valence-corrected chi connectivity index (χ2v) is 6.53. The van der Waals surface area contributed by atoms with E-state index in [9.17, 15) is 5.11 Å². The van der Waals surface area contributed by atoms with E-state index >= 15 is 0 Å². The van der Waals surface area contributed by atoms with Crippen LogP contribution in [0.1, 0.15) is 38.2 Å². The van der Waals surface area contributed by atoms with Crippen LogP contribution < -0.4 is 5.73 Å². The van der Waals surface area contributed by atoms with Gasteiger partial charge in [0.05, 0.1) is 6.54 Å². The van der Waals surface area contributed by atoms with E-state index in [0.717, 1.165) is 23.1 Å². The maximum atomic E-state index is 10.8. The maximum absolute atomic E-state index is 10.8. The van der Waals surface area contributed by atoms with Crippen LogP contribution in [0.2, 0.25) is 0 Å². The molecule has 1 saturated heterocycles. The molecule has 1 unspecified atom stereocenters. The largest absolute Gasteiger partial charge is 0.383 e. The van der Waals surface area contributed by atoms with E-state index in [4.69, 9.17) is 5.73 Å². The number of hydrogen-bond acceptors (Lipinski definition) is 2. The lowest BCUT2D eigenvalue weighted by Gasteiger charge is -2.29. The van der Waals surface area contributed by atoms with Crippen molar-refractivity contribution in [2.75, 3.05) is 19.6 Å². The van der Waals surface area contributed by atoms with Crippen LogP contribution in [0.15, 0.2) is 33.7 Å². The molecule has 124 valence electrons. The molecule has 1 aliphatic rings. The van der Waals surface area contributed by atoms with Crippen molar-refractivity contribution in [3.05, 3.63) is 34.3 Å². The second-order valence-electron chi connectivity index (χ2n) is 5.61. The molecular weight excluding hydrogens is 457 g/mol. The lowest BCUT2D eigenvalue weighted by Crippen LogP contribution is -2.42. The molecule has 0 aliphatic carbocycles. The molecule has 0 amide bonds. The fraction of sp³-hybridized carbons (Fsp3) is 0.562. The Labute approximate surface area is 158 Å². The van der Waals surface area contributed by atoms with Crippen LogP contribution in [0.3, 0.4) is 0 Å². The van der Waals surface area contributed by atoms with E-state index in [1.165, 1.54) is 19.3 Å². The number of halogens is 2. The predicted molar refractivity (Wildman–Crippen MR) is 106 cm³/mol. The van der Waals surface area contributed by atoms with Crippen molar-refractivity contribution in [3.63, 3.8) is 0 Å². The number of likely N-dealkylation sites (tertiary alicyclic amines) is 1. The highest BCUT2D eigenvalue weighted by Crippen LogP contribution is 2.26. The smallest absolute Gasteiger partial charge is 0.191 e. The van der Waals surface area contributed by atoms with Gasteiger partial charge < -0.3 is 15.7 Å². The number of aliphatic hydroxyl groups is 1. The number of hydrogen-bond donors (Lipinski definition) is 2. The van der Waals surface area contributed by atoms with Crippen molar-refractivity contribution in [1.82, 2.24) is 4.90 Å². The minimum atomic E-state index is -0.957. The number of aliphatic imine (C=N–C) groups is 1. The van der Waals surface area contributed by atoms with Crippen LogP contribution >= 0.6 is 39.9 Å². The Morgan fingerprint density at radius 3 is 2.41 bits per heavy atom. The third-order valence-electron chi connectivity index (χ3n) is 4.15. The van der Waals surface area contributed by atoms with E-state index in [2.05, 4.69) is 25.8 Å². The molecule has 0 aromatic heterocycles. The Balaban J connectivity index is 0.00000242. The summed E-state index contributed by atoms with van der Waals surface area (Å²) in [4.78, 5) is 6.56. The summed E-state index contributed by atoms with van der Waals surface area (Å²) >= 11 is 3.41. The molecule has 3 N–H and O–H groups in total. The van der Waals surface area contributed by atoms with Gasteiger partial charge in [0.15, 0.2) is 5.96 Å². The van der Waals surface area contributed by atoms with Crippen LogP contribution in [0.25, 0.3) is 0 Å². The molecular formula is C16H25BrIN3O. The average molecular weight is 482 g/mol. The maximum Gasteiger partial charge on any atom is 0.191 e. The Morgan fingerprint density at radius 1 is 1.27 bits per heavy atom. The van der Waals surface area contributed by atoms with Crippen LogP contribution in [0.4, 0.5) is 0 Å². The number of piperidine rings is 1. The monoisotopic (exact) mass is 481 g/mol. The molecule has 0 bridgehead atoms. The zero-order valence-electron chi connectivity index (χ0n) is 13.0. The molecule has 22 heavy (non-hydrogen) atoms. The standard InChI is InChI=1S/C16H24BrN3O.HI/c1-2-16(21,13-6-8-14(17)9-7-13)12-19-15(18)20-10-4-3-5-11-20;/h6-9,21H,2-5,10-12H2,1H3,(H2,18,19);1H. The van der Waals surface area contributed by atoms with Gasteiger partial charge >= 0.3 is 0 Å². The molecule has 6 heteroatoms. The van der Waals surface area contributed by atoms with E-state index < -0.39 is 5.60 Å². The number of nitrogens with zero attached hydrogens (tertiary/aromatic N) is 2. The van der Waals surface area contributed by atoms with Crippen LogP contribution in [0, 0.1) is 0 Å². The molecule has 1 aromatic rings. The number of rotatable bonds is 4. The van der Waals surface area contributed by atoms with Gasteiger partial charge in [-0.3, -0.25) is 0 Å². The fourth-order valence-corrected chi connectivity index (χ4v) is 2.87. The first-order valence-electron chi connectivity index (χ1n) is 7.58. The summed E-state index contributed by atoms with van der Waals surface area (Å²) in [5.74, 6) is 0.554. The highest BCUT2D eigenvalue weighted by molar-refractivity contribution is 14.0. The fourth-order valence-electron chi connectivity index (χ4n) is 2.60. The third kappa shape index (κ3) is 5.09. The highest BCUT2D eigenvalue weighted by atomic mass is 127. The van der Waals surface area contributed by atoms with E-state index in [1.807, 2.05) is 31.2 Å². The van der Waals surface area contributed by atoms with Gasteiger partial charge in [0, 0.05) is 17.6 Å². The number of benzene rings is 1. The summed E-state index contributed by atoms with van der Waals surface area (Å²) in [7, 11) is 0. The summed E-state index contributed by atoms with van der Waals surface area (Å²) in [6.45, 7) is 4.21. The molecule has 0 spiro atoms. The van der Waals surface area contributed by atoms with Gasteiger partial charge in [0.2, 0.25) is 0 Å². The zero-order valence-corrected chi connectivity index (χ0v) is 16.9. The Hall–Kier alpha value is -0.340. The molecule has 1 fully saturated rings. The Morgan fingerprint density at radius 2 is 1.86 bits per heavy atom.